The molecular formula is C15H15N3O3. The van der Waals surface area contributed by atoms with Gasteiger partial charge in [0.1, 0.15) is 5.75 Å². The molecule has 1 aromatic carbocycles. The average Bonchev–Trinajstić information content (AvgIpc) is 2.96. The second kappa shape index (κ2) is 4.66. The number of methoxy groups -OCH3 is 1. The summed E-state index contributed by atoms with van der Waals surface area (Å²) < 4.78 is 9.69. The summed E-state index contributed by atoms with van der Waals surface area (Å²) in [6.07, 6.45) is 3.48. The van der Waals surface area contributed by atoms with Crippen LogP contribution in [0.5, 0.6) is 5.75 Å². The quantitative estimate of drug-likeness (QED) is 0.707. The van der Waals surface area contributed by atoms with Crippen molar-refractivity contribution in [1.29, 1.82) is 0 Å². The number of fused-ring (bicyclic) bond motifs is 1. The number of ether oxygens (including phenoxy) is 1. The third-order valence-corrected chi connectivity index (χ3v) is 3.64. The fraction of sp³-hybridized carbons (Fsp3) is 0.200. The molecule has 0 aliphatic heterocycles. The minimum atomic E-state index is -0.342. The molecule has 0 saturated heterocycles. The Balaban J connectivity index is 2.37. The zero-order valence-electron chi connectivity index (χ0n) is 12.0. The molecule has 0 unspecified atom stereocenters. The summed E-state index contributed by atoms with van der Waals surface area (Å²) in [6, 6.07) is 7.50. The standard InChI is InChI=1S/C15H15N3O3/c1-16-12-9-18(11-6-4-5-7-13(11)21-3)8-10(12)14(19)17(2)15(16)20/h4-9H,1-3H3. The van der Waals surface area contributed by atoms with Gasteiger partial charge in [-0.25, -0.2) is 4.79 Å². The molecular weight excluding hydrogens is 270 g/mol. The number of hydrogen-bond acceptors (Lipinski definition) is 3. The van der Waals surface area contributed by atoms with Gasteiger partial charge in [0.15, 0.2) is 0 Å². The first-order chi connectivity index (χ1) is 10.0. The first-order valence-electron chi connectivity index (χ1n) is 6.45. The number of benzene rings is 1. The van der Waals surface area contributed by atoms with E-state index in [0.29, 0.717) is 16.7 Å². The normalized spacial score (nSPS) is 11.0. The molecule has 0 spiro atoms. The summed E-state index contributed by atoms with van der Waals surface area (Å²) in [5.74, 6) is 0.694. The Morgan fingerprint density at radius 2 is 1.71 bits per heavy atom. The van der Waals surface area contributed by atoms with Crippen molar-refractivity contribution in [3.05, 3.63) is 57.5 Å². The Bertz CT molecular complexity index is 947. The van der Waals surface area contributed by atoms with Crippen LogP contribution in [0.2, 0.25) is 0 Å². The predicted octanol–water partition coefficient (Wildman–Crippen LogP) is 1.04. The summed E-state index contributed by atoms with van der Waals surface area (Å²) in [7, 11) is 4.72. The highest BCUT2D eigenvalue weighted by Gasteiger charge is 2.13. The molecule has 0 bridgehead atoms. The molecule has 2 heterocycles. The summed E-state index contributed by atoms with van der Waals surface area (Å²) in [5, 5.41) is 0.491. The van der Waals surface area contributed by atoms with E-state index in [1.54, 1.807) is 31.1 Å². The summed E-state index contributed by atoms with van der Waals surface area (Å²) in [4.78, 5) is 24.2. The Hall–Kier alpha value is -2.76. The van der Waals surface area contributed by atoms with Crippen LogP contribution in [-0.4, -0.2) is 20.8 Å². The van der Waals surface area contributed by atoms with Crippen LogP contribution >= 0.6 is 0 Å². The van der Waals surface area contributed by atoms with Crippen molar-refractivity contribution in [2.75, 3.05) is 7.11 Å². The van der Waals surface area contributed by atoms with E-state index in [1.165, 1.54) is 11.6 Å². The maximum absolute atomic E-state index is 12.2. The van der Waals surface area contributed by atoms with Gasteiger partial charge in [0, 0.05) is 26.5 Å². The van der Waals surface area contributed by atoms with Crippen LogP contribution in [0.3, 0.4) is 0 Å². The Morgan fingerprint density at radius 1 is 1.00 bits per heavy atom. The first-order valence-corrected chi connectivity index (χ1v) is 6.45. The van der Waals surface area contributed by atoms with E-state index >= 15 is 0 Å². The molecule has 0 fully saturated rings. The third kappa shape index (κ3) is 1.87. The van der Waals surface area contributed by atoms with Gasteiger partial charge in [-0.2, -0.15) is 0 Å². The van der Waals surface area contributed by atoms with Crippen molar-refractivity contribution < 1.29 is 4.74 Å². The summed E-state index contributed by atoms with van der Waals surface area (Å²) in [5.41, 5.74) is 0.756. The molecule has 0 aliphatic carbocycles. The fourth-order valence-electron chi connectivity index (χ4n) is 2.45. The Morgan fingerprint density at radius 3 is 2.43 bits per heavy atom. The molecule has 21 heavy (non-hydrogen) atoms. The molecule has 108 valence electrons. The van der Waals surface area contributed by atoms with E-state index in [2.05, 4.69) is 0 Å². The molecule has 3 rings (SSSR count). The number of nitrogens with zero attached hydrogens (tertiary/aromatic N) is 3. The monoisotopic (exact) mass is 285 g/mol. The van der Waals surface area contributed by atoms with E-state index in [-0.39, 0.29) is 11.2 Å². The number of aromatic nitrogens is 3. The summed E-state index contributed by atoms with van der Waals surface area (Å²) in [6.45, 7) is 0. The van der Waals surface area contributed by atoms with Crippen LogP contribution in [0.25, 0.3) is 16.6 Å². The van der Waals surface area contributed by atoms with Crippen molar-refractivity contribution in [2.24, 2.45) is 14.1 Å². The number of aryl methyl sites for hydroxylation is 1. The third-order valence-electron chi connectivity index (χ3n) is 3.64. The molecule has 0 atom stereocenters. The van der Waals surface area contributed by atoms with Crippen LogP contribution in [0.15, 0.2) is 46.2 Å². The van der Waals surface area contributed by atoms with Gasteiger partial charge < -0.3 is 9.30 Å². The largest absolute Gasteiger partial charge is 0.495 e. The van der Waals surface area contributed by atoms with Crippen LogP contribution in [-0.2, 0) is 14.1 Å². The lowest BCUT2D eigenvalue weighted by molar-refractivity contribution is 0.413. The van der Waals surface area contributed by atoms with Gasteiger partial charge in [-0.05, 0) is 12.1 Å². The highest BCUT2D eigenvalue weighted by molar-refractivity contribution is 5.78. The minimum Gasteiger partial charge on any atom is -0.495 e. The van der Waals surface area contributed by atoms with E-state index in [9.17, 15) is 9.59 Å². The van der Waals surface area contributed by atoms with Gasteiger partial charge in [-0.3, -0.25) is 13.9 Å². The van der Waals surface area contributed by atoms with Crippen LogP contribution < -0.4 is 16.0 Å². The summed E-state index contributed by atoms with van der Waals surface area (Å²) >= 11 is 0. The van der Waals surface area contributed by atoms with Gasteiger partial charge in [0.2, 0.25) is 0 Å². The fourth-order valence-corrected chi connectivity index (χ4v) is 2.45. The number of para-hydroxylation sites is 2. The highest BCUT2D eigenvalue weighted by atomic mass is 16.5. The van der Waals surface area contributed by atoms with Crippen molar-refractivity contribution in [3.63, 3.8) is 0 Å². The molecule has 0 amide bonds. The highest BCUT2D eigenvalue weighted by Crippen LogP contribution is 2.24. The van der Waals surface area contributed by atoms with Gasteiger partial charge in [0.25, 0.3) is 5.56 Å². The molecule has 0 aliphatic rings. The van der Waals surface area contributed by atoms with Gasteiger partial charge >= 0.3 is 5.69 Å². The first kappa shape index (κ1) is 13.2. The zero-order chi connectivity index (χ0) is 15.1. The lowest BCUT2D eigenvalue weighted by atomic mass is 10.3. The number of hydrogen-bond donors (Lipinski definition) is 0. The van der Waals surface area contributed by atoms with Crippen LogP contribution in [0, 0.1) is 0 Å². The van der Waals surface area contributed by atoms with Crippen LogP contribution in [0.4, 0.5) is 0 Å². The Labute approximate surface area is 120 Å². The molecule has 0 N–H and O–H groups in total. The van der Waals surface area contributed by atoms with Crippen molar-refractivity contribution in [3.8, 4) is 11.4 Å². The van der Waals surface area contributed by atoms with Crippen molar-refractivity contribution in [1.82, 2.24) is 13.7 Å². The van der Waals surface area contributed by atoms with Crippen molar-refractivity contribution >= 4 is 10.9 Å². The maximum Gasteiger partial charge on any atom is 0.330 e. The average molecular weight is 285 g/mol. The molecule has 2 aromatic heterocycles. The van der Waals surface area contributed by atoms with E-state index < -0.39 is 0 Å². The van der Waals surface area contributed by atoms with Crippen LogP contribution in [0.1, 0.15) is 0 Å². The maximum atomic E-state index is 12.2. The van der Waals surface area contributed by atoms with E-state index in [0.717, 1.165) is 10.3 Å². The minimum absolute atomic E-state index is 0.304. The van der Waals surface area contributed by atoms with E-state index in [1.807, 2.05) is 24.3 Å². The molecule has 3 aromatic rings. The molecule has 6 nitrogen and oxygen atoms in total. The second-order valence-corrected chi connectivity index (χ2v) is 4.84. The number of rotatable bonds is 2. The lowest BCUT2D eigenvalue weighted by Gasteiger charge is -2.08. The smallest absolute Gasteiger partial charge is 0.330 e. The lowest BCUT2D eigenvalue weighted by Crippen LogP contribution is -2.36. The Kier molecular flexibility index (Phi) is 2.94. The SMILES string of the molecule is COc1ccccc1-n1cc2c(=O)n(C)c(=O)n(C)c2c1. The topological polar surface area (TPSA) is 58.2 Å². The van der Waals surface area contributed by atoms with Gasteiger partial charge in [-0.1, -0.05) is 12.1 Å². The predicted molar refractivity (Wildman–Crippen MR) is 80.3 cm³/mol. The van der Waals surface area contributed by atoms with E-state index in [4.69, 9.17) is 4.74 Å². The molecule has 6 heteroatoms. The van der Waals surface area contributed by atoms with Crippen molar-refractivity contribution in [2.45, 2.75) is 0 Å². The van der Waals surface area contributed by atoms with Gasteiger partial charge in [-0.15, -0.1) is 0 Å². The van der Waals surface area contributed by atoms with Gasteiger partial charge in [0.05, 0.1) is 23.7 Å². The zero-order valence-corrected chi connectivity index (χ0v) is 12.0. The second-order valence-electron chi connectivity index (χ2n) is 4.84. The molecule has 0 radical (unpaired) electrons. The molecule has 0 saturated carbocycles.